The van der Waals surface area contributed by atoms with E-state index in [2.05, 4.69) is 0 Å². The van der Waals surface area contributed by atoms with Gasteiger partial charge in [0.25, 0.3) is 0 Å². The molecule has 1 aromatic heterocycles. The number of hydrogen-bond donors (Lipinski definition) is 1. The van der Waals surface area contributed by atoms with Crippen molar-refractivity contribution in [2.45, 2.75) is 28.9 Å². The quantitative estimate of drug-likeness (QED) is 0.154. The van der Waals surface area contributed by atoms with Crippen LogP contribution in [0.3, 0.4) is 0 Å². The Kier molecular flexibility index (Phi) is 8.65. The van der Waals surface area contributed by atoms with Crippen LogP contribution in [0.4, 0.5) is 0 Å². The molecule has 1 unspecified atom stereocenters. The molecule has 9 heteroatoms. The molecular formula is C35H31NO7S. The first kappa shape index (κ1) is 29.1. The summed E-state index contributed by atoms with van der Waals surface area (Å²) in [7, 11) is 3.18. The predicted octanol–water partition coefficient (Wildman–Crippen LogP) is 7.72. The Morgan fingerprint density at radius 1 is 0.909 bits per heavy atom. The maximum absolute atomic E-state index is 13.2. The van der Waals surface area contributed by atoms with Gasteiger partial charge in [-0.05, 0) is 35.4 Å². The van der Waals surface area contributed by atoms with Gasteiger partial charge in [-0.25, -0.2) is 4.79 Å². The van der Waals surface area contributed by atoms with Gasteiger partial charge in [0.1, 0.15) is 24.3 Å². The van der Waals surface area contributed by atoms with E-state index < -0.39 is 12.0 Å². The van der Waals surface area contributed by atoms with E-state index in [9.17, 15) is 9.90 Å². The minimum atomic E-state index is -1.07. The normalized spacial score (nSPS) is 13.1. The Balaban J connectivity index is 1.57. The van der Waals surface area contributed by atoms with Crippen LogP contribution < -0.4 is 14.2 Å². The average Bonchev–Trinajstić information content (AvgIpc) is 3.70. The number of methoxy groups -OCH3 is 2. The van der Waals surface area contributed by atoms with E-state index in [1.54, 1.807) is 20.5 Å². The van der Waals surface area contributed by atoms with Gasteiger partial charge in [0, 0.05) is 22.8 Å². The van der Waals surface area contributed by atoms with Gasteiger partial charge < -0.3 is 33.4 Å². The summed E-state index contributed by atoms with van der Waals surface area (Å²) in [6, 6.07) is 30.5. The Hall–Kier alpha value is -5.02. The highest BCUT2D eigenvalue weighted by molar-refractivity contribution is 7.99. The molecule has 44 heavy (non-hydrogen) atoms. The van der Waals surface area contributed by atoms with Gasteiger partial charge in [0.05, 0.1) is 30.7 Å². The van der Waals surface area contributed by atoms with Crippen molar-refractivity contribution in [3.63, 3.8) is 0 Å². The molecule has 0 radical (unpaired) electrons. The molecule has 0 aliphatic carbocycles. The third-order valence-electron chi connectivity index (χ3n) is 7.35. The zero-order valence-corrected chi connectivity index (χ0v) is 25.1. The highest BCUT2D eigenvalue weighted by atomic mass is 32.2. The van der Waals surface area contributed by atoms with Gasteiger partial charge in [-0.2, -0.15) is 0 Å². The lowest BCUT2D eigenvalue weighted by atomic mass is 10.0. The second-order valence-corrected chi connectivity index (χ2v) is 11.2. The first-order valence-electron chi connectivity index (χ1n) is 14.0. The number of rotatable bonds is 12. The smallest absolute Gasteiger partial charge is 0.353 e. The molecule has 0 saturated heterocycles. The summed E-state index contributed by atoms with van der Waals surface area (Å²) < 4.78 is 30.7. The number of aromatic carboxylic acids is 1. The van der Waals surface area contributed by atoms with E-state index in [0.29, 0.717) is 51.8 Å². The van der Waals surface area contributed by atoms with Crippen molar-refractivity contribution < 1.29 is 33.6 Å². The number of fused-ring (bicyclic) bond motifs is 1. The number of carboxylic acids is 1. The zero-order valence-electron chi connectivity index (χ0n) is 24.3. The second kappa shape index (κ2) is 13.1. The summed E-state index contributed by atoms with van der Waals surface area (Å²) >= 11 is 1.36. The summed E-state index contributed by atoms with van der Waals surface area (Å²) in [4.78, 5) is 14.6. The third-order valence-corrected chi connectivity index (χ3v) is 8.46. The first-order valence-corrected chi connectivity index (χ1v) is 14.8. The van der Waals surface area contributed by atoms with Crippen LogP contribution in [-0.4, -0.2) is 36.7 Å². The Labute approximate surface area is 259 Å². The van der Waals surface area contributed by atoms with Crippen molar-refractivity contribution in [1.82, 2.24) is 4.57 Å². The molecule has 224 valence electrons. The van der Waals surface area contributed by atoms with Crippen LogP contribution in [0.2, 0.25) is 0 Å². The molecule has 2 heterocycles. The molecule has 0 fully saturated rings. The topological polar surface area (TPSA) is 88.4 Å². The highest BCUT2D eigenvalue weighted by Crippen LogP contribution is 2.46. The third kappa shape index (κ3) is 6.05. The van der Waals surface area contributed by atoms with E-state index in [-0.39, 0.29) is 12.5 Å². The number of ether oxygens (including phenoxy) is 5. The monoisotopic (exact) mass is 609 g/mol. The van der Waals surface area contributed by atoms with Gasteiger partial charge >= 0.3 is 5.97 Å². The summed E-state index contributed by atoms with van der Waals surface area (Å²) in [6.45, 7) is 0.386. The first-order chi connectivity index (χ1) is 21.6. The Morgan fingerprint density at radius 2 is 1.66 bits per heavy atom. The van der Waals surface area contributed by atoms with Crippen LogP contribution in [0.25, 0.3) is 10.9 Å². The number of hydrogen-bond acceptors (Lipinski definition) is 7. The SMILES string of the molecule is COc1cccc(Sc2c(C(=O)O)n(C(Cc3ccccc3)C3=COCO3)c3cc(OC)c(OCc4ccccc4)cc23)c1. The molecule has 0 bridgehead atoms. The van der Waals surface area contributed by atoms with Crippen molar-refractivity contribution in [1.29, 1.82) is 0 Å². The summed E-state index contributed by atoms with van der Waals surface area (Å²) in [5.74, 6) is 1.13. The lowest BCUT2D eigenvalue weighted by molar-refractivity contribution is 0.0658. The number of carbonyl (C=O) groups is 1. The molecule has 6 rings (SSSR count). The number of benzene rings is 4. The minimum Gasteiger partial charge on any atom is -0.497 e. The fourth-order valence-electron chi connectivity index (χ4n) is 5.29. The summed E-state index contributed by atoms with van der Waals surface area (Å²) in [6.07, 6.45) is 2.03. The van der Waals surface area contributed by atoms with E-state index in [4.69, 9.17) is 23.7 Å². The Bertz CT molecular complexity index is 1800. The van der Waals surface area contributed by atoms with Crippen LogP contribution >= 0.6 is 11.8 Å². The van der Waals surface area contributed by atoms with Crippen LogP contribution in [0.5, 0.6) is 17.2 Å². The largest absolute Gasteiger partial charge is 0.497 e. The summed E-state index contributed by atoms with van der Waals surface area (Å²) in [5.41, 5.74) is 2.79. The lowest BCUT2D eigenvalue weighted by Crippen LogP contribution is -2.20. The second-order valence-electron chi connectivity index (χ2n) is 10.1. The molecule has 0 spiro atoms. The van der Waals surface area contributed by atoms with E-state index in [1.165, 1.54) is 11.8 Å². The molecular weight excluding hydrogens is 578 g/mol. The number of aromatic nitrogens is 1. The zero-order chi connectivity index (χ0) is 30.5. The number of allylic oxidation sites excluding steroid dienone is 1. The Morgan fingerprint density at radius 3 is 2.32 bits per heavy atom. The molecule has 8 nitrogen and oxygen atoms in total. The fourth-order valence-corrected chi connectivity index (χ4v) is 6.40. The molecule has 0 saturated carbocycles. The molecule has 0 amide bonds. The number of carboxylic acid groups (broad SMARTS) is 1. The van der Waals surface area contributed by atoms with Crippen molar-refractivity contribution in [2.75, 3.05) is 21.0 Å². The van der Waals surface area contributed by atoms with E-state index in [1.807, 2.05) is 102 Å². The maximum Gasteiger partial charge on any atom is 0.353 e. The average molecular weight is 610 g/mol. The molecule has 5 aromatic rings. The van der Waals surface area contributed by atoms with Crippen molar-refractivity contribution in [2.24, 2.45) is 0 Å². The van der Waals surface area contributed by atoms with Crippen molar-refractivity contribution in [3.05, 3.63) is 126 Å². The summed E-state index contributed by atoms with van der Waals surface area (Å²) in [5, 5.41) is 11.5. The van der Waals surface area contributed by atoms with Crippen LogP contribution in [-0.2, 0) is 22.5 Å². The van der Waals surface area contributed by atoms with Crippen LogP contribution in [0.1, 0.15) is 27.7 Å². The van der Waals surface area contributed by atoms with Crippen LogP contribution in [0, 0.1) is 0 Å². The van der Waals surface area contributed by atoms with Gasteiger partial charge in [0.15, 0.2) is 17.3 Å². The van der Waals surface area contributed by atoms with Gasteiger partial charge in [-0.15, -0.1) is 0 Å². The minimum absolute atomic E-state index is 0.0639. The highest BCUT2D eigenvalue weighted by Gasteiger charge is 2.33. The van der Waals surface area contributed by atoms with Gasteiger partial charge in [0.2, 0.25) is 6.79 Å². The standard InChI is InChI=1S/C35H31NO7S/c1-39-25-14-9-15-26(17-25)44-34-27-18-31(42-20-24-12-7-4-8-13-24)30(40-2)19-28(27)36(33(34)35(37)38)29(32-21-41-22-43-32)16-23-10-5-3-6-11-23/h3-15,17-19,21,29H,16,20,22H2,1-2H3,(H,37,38). The molecule has 4 aromatic carbocycles. The molecule has 1 atom stereocenters. The van der Waals surface area contributed by atoms with Crippen molar-refractivity contribution in [3.8, 4) is 17.2 Å². The fraction of sp³-hybridized carbons (Fsp3) is 0.171. The van der Waals surface area contributed by atoms with Crippen LogP contribution in [0.15, 0.2) is 119 Å². The molecule has 1 aliphatic rings. The van der Waals surface area contributed by atoms with E-state index >= 15 is 0 Å². The van der Waals surface area contributed by atoms with Crippen molar-refractivity contribution >= 4 is 28.6 Å². The van der Waals surface area contributed by atoms with E-state index in [0.717, 1.165) is 16.0 Å². The lowest BCUT2D eigenvalue weighted by Gasteiger charge is -2.22. The molecule has 1 N–H and O–H groups in total. The molecule has 1 aliphatic heterocycles. The van der Waals surface area contributed by atoms with Gasteiger partial charge in [-0.1, -0.05) is 78.5 Å². The van der Waals surface area contributed by atoms with Gasteiger partial charge in [-0.3, -0.25) is 0 Å². The number of nitrogens with zero attached hydrogens (tertiary/aromatic N) is 1. The predicted molar refractivity (Wildman–Crippen MR) is 168 cm³/mol. The maximum atomic E-state index is 13.2.